The topological polar surface area (TPSA) is 44.7 Å². The number of nitrogens with zero attached hydrogens (tertiary/aromatic N) is 2. The molecule has 2 rings (SSSR count). The molecule has 114 valence electrons. The quantitative estimate of drug-likeness (QED) is 0.858. The number of anilines is 1. The summed E-state index contributed by atoms with van der Waals surface area (Å²) in [5.41, 5.74) is -0.463. The highest BCUT2D eigenvalue weighted by Crippen LogP contribution is 2.29. The molecule has 1 aliphatic rings. The van der Waals surface area contributed by atoms with Crippen molar-refractivity contribution < 1.29 is 18.0 Å². The van der Waals surface area contributed by atoms with Gasteiger partial charge in [0, 0.05) is 25.7 Å². The first-order chi connectivity index (χ1) is 9.86. The van der Waals surface area contributed by atoms with E-state index in [1.54, 1.807) is 0 Å². The average Bonchev–Trinajstić information content (AvgIpc) is 2.41. The summed E-state index contributed by atoms with van der Waals surface area (Å²) in [6.07, 6.45) is -1.60. The molecular formula is C14H16F3N3O. The molecule has 1 saturated heterocycles. The average molecular weight is 299 g/mol. The van der Waals surface area contributed by atoms with E-state index in [9.17, 15) is 18.0 Å². The predicted molar refractivity (Wildman–Crippen MR) is 74.4 cm³/mol. The number of hydrogen-bond donors (Lipinski definition) is 1. The molecule has 0 aliphatic carbocycles. The van der Waals surface area contributed by atoms with Crippen molar-refractivity contribution in [3.05, 3.63) is 29.8 Å². The molecule has 0 radical (unpaired) electrons. The number of likely N-dealkylation sites (tertiary alicyclic amines) is 1. The van der Waals surface area contributed by atoms with E-state index in [1.165, 1.54) is 12.1 Å². The highest BCUT2D eigenvalue weighted by molar-refractivity contribution is 5.99. The maximum atomic E-state index is 12.4. The number of urea groups is 1. The SMILES string of the molecule is CN1CCCC/C1=N\C(=O)Nc1ccc(C(F)(F)F)cc1. The van der Waals surface area contributed by atoms with Crippen LogP contribution in [-0.2, 0) is 6.18 Å². The van der Waals surface area contributed by atoms with Crippen LogP contribution in [0.15, 0.2) is 29.3 Å². The first-order valence-corrected chi connectivity index (χ1v) is 6.63. The van der Waals surface area contributed by atoms with Crippen molar-refractivity contribution in [2.45, 2.75) is 25.4 Å². The molecule has 1 N–H and O–H groups in total. The predicted octanol–water partition coefficient (Wildman–Crippen LogP) is 3.75. The minimum absolute atomic E-state index is 0.288. The van der Waals surface area contributed by atoms with Gasteiger partial charge in [-0.3, -0.25) is 0 Å². The molecule has 1 aliphatic heterocycles. The molecule has 0 unspecified atom stereocenters. The molecule has 0 saturated carbocycles. The number of benzene rings is 1. The van der Waals surface area contributed by atoms with Gasteiger partial charge in [0.05, 0.1) is 5.56 Å². The summed E-state index contributed by atoms with van der Waals surface area (Å²) in [7, 11) is 1.86. The Kier molecular flexibility index (Phi) is 4.50. The maximum Gasteiger partial charge on any atom is 0.416 e. The van der Waals surface area contributed by atoms with Gasteiger partial charge in [0.15, 0.2) is 0 Å². The van der Waals surface area contributed by atoms with Gasteiger partial charge in [0.2, 0.25) is 0 Å². The standard InChI is InChI=1S/C14H16F3N3O/c1-20-9-3-2-4-12(20)19-13(21)18-11-7-5-10(6-8-11)14(15,16)17/h5-8H,2-4,9H2,1H3,(H,18,21)/b19-12+. The summed E-state index contributed by atoms with van der Waals surface area (Å²) < 4.78 is 37.3. The van der Waals surface area contributed by atoms with Crippen LogP contribution >= 0.6 is 0 Å². The van der Waals surface area contributed by atoms with E-state index in [2.05, 4.69) is 10.3 Å². The van der Waals surface area contributed by atoms with E-state index in [1.807, 2.05) is 11.9 Å². The Morgan fingerprint density at radius 2 is 1.90 bits per heavy atom. The molecule has 0 atom stereocenters. The Morgan fingerprint density at radius 1 is 1.24 bits per heavy atom. The summed E-state index contributed by atoms with van der Waals surface area (Å²) in [5.74, 6) is 0.700. The number of amidine groups is 1. The molecule has 21 heavy (non-hydrogen) atoms. The third-order valence-corrected chi connectivity index (χ3v) is 3.28. The highest BCUT2D eigenvalue weighted by Gasteiger charge is 2.29. The van der Waals surface area contributed by atoms with Crippen molar-refractivity contribution in [2.75, 3.05) is 18.9 Å². The van der Waals surface area contributed by atoms with Gasteiger partial charge in [-0.05, 0) is 37.1 Å². The Morgan fingerprint density at radius 3 is 2.48 bits per heavy atom. The number of amides is 2. The van der Waals surface area contributed by atoms with Gasteiger partial charge in [0.1, 0.15) is 5.84 Å². The van der Waals surface area contributed by atoms with Crippen LogP contribution in [0.5, 0.6) is 0 Å². The summed E-state index contributed by atoms with van der Waals surface area (Å²) in [5, 5.41) is 2.47. The molecule has 2 amide bonds. The number of rotatable bonds is 1. The van der Waals surface area contributed by atoms with Gasteiger partial charge in [0.25, 0.3) is 0 Å². The second-order valence-electron chi connectivity index (χ2n) is 4.91. The maximum absolute atomic E-state index is 12.4. The number of halogens is 3. The molecule has 7 heteroatoms. The minimum atomic E-state index is -4.38. The van der Waals surface area contributed by atoms with Crippen LogP contribution in [0.3, 0.4) is 0 Å². The summed E-state index contributed by atoms with van der Waals surface area (Å²) >= 11 is 0. The lowest BCUT2D eigenvalue weighted by molar-refractivity contribution is -0.137. The van der Waals surface area contributed by atoms with E-state index in [0.29, 0.717) is 5.84 Å². The number of carbonyl (C=O) groups excluding carboxylic acids is 1. The highest BCUT2D eigenvalue weighted by atomic mass is 19.4. The summed E-state index contributed by atoms with van der Waals surface area (Å²) in [4.78, 5) is 17.6. The van der Waals surface area contributed by atoms with Crippen LogP contribution in [0, 0.1) is 0 Å². The second-order valence-corrected chi connectivity index (χ2v) is 4.91. The molecule has 0 aromatic heterocycles. The lowest BCUT2D eigenvalue weighted by Gasteiger charge is -2.25. The third-order valence-electron chi connectivity index (χ3n) is 3.28. The largest absolute Gasteiger partial charge is 0.416 e. The first-order valence-electron chi connectivity index (χ1n) is 6.63. The molecule has 1 heterocycles. The van der Waals surface area contributed by atoms with Crippen LogP contribution in [0.1, 0.15) is 24.8 Å². The molecule has 0 bridgehead atoms. The fraction of sp³-hybridized carbons (Fsp3) is 0.429. The zero-order valence-electron chi connectivity index (χ0n) is 11.6. The van der Waals surface area contributed by atoms with E-state index in [-0.39, 0.29) is 5.69 Å². The number of aliphatic imine (C=N–C) groups is 1. The number of piperidine rings is 1. The van der Waals surface area contributed by atoms with Crippen LogP contribution < -0.4 is 5.32 Å². The minimum Gasteiger partial charge on any atom is -0.363 e. The van der Waals surface area contributed by atoms with Crippen LogP contribution in [-0.4, -0.2) is 30.4 Å². The van der Waals surface area contributed by atoms with Gasteiger partial charge in [-0.15, -0.1) is 0 Å². The van der Waals surface area contributed by atoms with Gasteiger partial charge in [-0.25, -0.2) is 4.79 Å². The molecule has 0 spiro atoms. The third kappa shape index (κ3) is 4.21. The van der Waals surface area contributed by atoms with E-state index in [4.69, 9.17) is 0 Å². The molecule has 1 fully saturated rings. The van der Waals surface area contributed by atoms with E-state index in [0.717, 1.165) is 37.9 Å². The van der Waals surface area contributed by atoms with Gasteiger partial charge < -0.3 is 10.2 Å². The van der Waals surface area contributed by atoms with Gasteiger partial charge >= 0.3 is 12.2 Å². The van der Waals surface area contributed by atoms with Crippen molar-refractivity contribution in [3.8, 4) is 0 Å². The fourth-order valence-electron chi connectivity index (χ4n) is 2.10. The van der Waals surface area contributed by atoms with Crippen molar-refractivity contribution in [3.63, 3.8) is 0 Å². The monoisotopic (exact) mass is 299 g/mol. The van der Waals surface area contributed by atoms with Crippen LogP contribution in [0.2, 0.25) is 0 Å². The Bertz CT molecular complexity index is 537. The molecule has 1 aromatic rings. The van der Waals surface area contributed by atoms with Crippen molar-refractivity contribution in [1.82, 2.24) is 4.90 Å². The molecule has 1 aromatic carbocycles. The van der Waals surface area contributed by atoms with E-state index >= 15 is 0 Å². The van der Waals surface area contributed by atoms with E-state index < -0.39 is 17.8 Å². The lowest BCUT2D eigenvalue weighted by atomic mass is 10.1. The van der Waals surface area contributed by atoms with Crippen molar-refractivity contribution in [2.24, 2.45) is 4.99 Å². The smallest absolute Gasteiger partial charge is 0.363 e. The zero-order valence-corrected chi connectivity index (χ0v) is 11.6. The number of carbonyl (C=O) groups is 1. The van der Waals surface area contributed by atoms with Gasteiger partial charge in [-0.2, -0.15) is 18.2 Å². The second kappa shape index (κ2) is 6.15. The normalized spacial score (nSPS) is 17.9. The number of alkyl halides is 3. The lowest BCUT2D eigenvalue weighted by Crippen LogP contribution is -2.32. The van der Waals surface area contributed by atoms with Gasteiger partial charge in [-0.1, -0.05) is 0 Å². The molecule has 4 nitrogen and oxygen atoms in total. The number of nitrogens with one attached hydrogen (secondary N) is 1. The summed E-state index contributed by atoms with van der Waals surface area (Å²) in [6.45, 7) is 0.854. The Balaban J connectivity index is 2.01. The van der Waals surface area contributed by atoms with Crippen LogP contribution in [0.25, 0.3) is 0 Å². The zero-order chi connectivity index (χ0) is 15.5. The van der Waals surface area contributed by atoms with Crippen LogP contribution in [0.4, 0.5) is 23.7 Å². The Labute approximate surface area is 120 Å². The van der Waals surface area contributed by atoms with Crippen molar-refractivity contribution >= 4 is 17.6 Å². The first kappa shape index (κ1) is 15.3. The Hall–Kier alpha value is -2.05. The number of hydrogen-bond acceptors (Lipinski definition) is 1. The van der Waals surface area contributed by atoms with Crippen molar-refractivity contribution in [1.29, 1.82) is 0 Å². The summed E-state index contributed by atoms with van der Waals surface area (Å²) in [6, 6.07) is 3.71. The molecular weight excluding hydrogens is 283 g/mol. The fourth-order valence-corrected chi connectivity index (χ4v) is 2.10.